The number of hydrogen-bond donors (Lipinski definition) is 1. The Labute approximate surface area is 87.7 Å². The standard InChI is InChI=1S/C12H22N2/c1-11(2)5-10(7-14-9-13)6-12(3,4)8-11/h10,14H,5-8H2,1-4H3. The van der Waals surface area contributed by atoms with Gasteiger partial charge in [0.2, 0.25) is 0 Å². The van der Waals surface area contributed by atoms with Crippen LogP contribution in [0.5, 0.6) is 0 Å². The zero-order chi connectivity index (χ0) is 10.8. The van der Waals surface area contributed by atoms with E-state index in [1.165, 1.54) is 19.3 Å². The third-order valence-electron chi connectivity index (χ3n) is 3.11. The molecule has 1 rings (SSSR count). The van der Waals surface area contributed by atoms with Crippen molar-refractivity contribution in [2.45, 2.75) is 47.0 Å². The van der Waals surface area contributed by atoms with Crippen LogP contribution in [0, 0.1) is 28.2 Å². The predicted octanol–water partition coefficient (Wildman–Crippen LogP) is 2.91. The highest BCUT2D eigenvalue weighted by atomic mass is 14.9. The van der Waals surface area contributed by atoms with E-state index in [1.807, 2.05) is 6.19 Å². The van der Waals surface area contributed by atoms with Gasteiger partial charge in [-0.3, -0.25) is 0 Å². The van der Waals surface area contributed by atoms with Crippen molar-refractivity contribution in [3.05, 3.63) is 0 Å². The van der Waals surface area contributed by atoms with Crippen molar-refractivity contribution >= 4 is 0 Å². The van der Waals surface area contributed by atoms with Crippen molar-refractivity contribution in [3.8, 4) is 6.19 Å². The second-order valence-corrected chi connectivity index (χ2v) is 6.27. The van der Waals surface area contributed by atoms with Crippen LogP contribution in [0.3, 0.4) is 0 Å². The summed E-state index contributed by atoms with van der Waals surface area (Å²) in [6, 6.07) is 0. The van der Waals surface area contributed by atoms with E-state index < -0.39 is 0 Å². The van der Waals surface area contributed by atoms with Gasteiger partial charge in [0.05, 0.1) is 0 Å². The van der Waals surface area contributed by atoms with Crippen molar-refractivity contribution in [1.82, 2.24) is 5.32 Å². The molecule has 0 unspecified atom stereocenters. The molecule has 0 aromatic heterocycles. The largest absolute Gasteiger partial charge is 0.324 e. The van der Waals surface area contributed by atoms with Crippen LogP contribution in [0.4, 0.5) is 0 Å². The highest BCUT2D eigenvalue weighted by Crippen LogP contribution is 2.47. The molecule has 1 saturated carbocycles. The highest BCUT2D eigenvalue weighted by Gasteiger charge is 2.37. The van der Waals surface area contributed by atoms with E-state index in [0.29, 0.717) is 16.7 Å². The molecule has 2 heteroatoms. The lowest BCUT2D eigenvalue weighted by molar-refractivity contribution is 0.0690. The monoisotopic (exact) mass is 194 g/mol. The quantitative estimate of drug-likeness (QED) is 0.542. The molecular formula is C12H22N2. The molecule has 0 amide bonds. The lowest BCUT2D eigenvalue weighted by Gasteiger charge is -2.44. The first-order valence-corrected chi connectivity index (χ1v) is 5.47. The van der Waals surface area contributed by atoms with Crippen molar-refractivity contribution in [3.63, 3.8) is 0 Å². The fourth-order valence-corrected chi connectivity index (χ4v) is 3.41. The summed E-state index contributed by atoms with van der Waals surface area (Å²) in [4.78, 5) is 0. The number of hydrogen-bond acceptors (Lipinski definition) is 2. The van der Waals surface area contributed by atoms with E-state index in [4.69, 9.17) is 5.26 Å². The molecule has 0 spiro atoms. The number of nitriles is 1. The molecule has 14 heavy (non-hydrogen) atoms. The topological polar surface area (TPSA) is 35.8 Å². The molecule has 0 aromatic rings. The SMILES string of the molecule is CC1(C)CC(CNC#N)CC(C)(C)C1. The molecule has 1 fully saturated rings. The molecule has 80 valence electrons. The minimum absolute atomic E-state index is 0.434. The van der Waals surface area contributed by atoms with Gasteiger partial charge in [-0.05, 0) is 36.0 Å². The summed E-state index contributed by atoms with van der Waals surface area (Å²) in [5.74, 6) is 0.661. The van der Waals surface area contributed by atoms with Gasteiger partial charge in [-0.1, -0.05) is 27.7 Å². The van der Waals surface area contributed by atoms with E-state index in [0.717, 1.165) is 6.54 Å². The van der Waals surface area contributed by atoms with E-state index in [9.17, 15) is 0 Å². The normalized spacial score (nSPS) is 25.4. The van der Waals surface area contributed by atoms with Gasteiger partial charge in [-0.2, -0.15) is 5.26 Å². The average Bonchev–Trinajstić information content (AvgIpc) is 1.94. The van der Waals surface area contributed by atoms with Crippen molar-refractivity contribution < 1.29 is 0 Å². The van der Waals surface area contributed by atoms with Crippen LogP contribution in [-0.2, 0) is 0 Å². The zero-order valence-corrected chi connectivity index (χ0v) is 9.85. The van der Waals surface area contributed by atoms with Crippen molar-refractivity contribution in [2.24, 2.45) is 16.7 Å². The minimum Gasteiger partial charge on any atom is -0.324 e. The molecular weight excluding hydrogens is 172 g/mol. The number of nitrogens with one attached hydrogen (secondary N) is 1. The van der Waals surface area contributed by atoms with Gasteiger partial charge in [0, 0.05) is 6.54 Å². The van der Waals surface area contributed by atoms with Crippen LogP contribution in [0.2, 0.25) is 0 Å². The Bertz CT molecular complexity index is 219. The summed E-state index contributed by atoms with van der Waals surface area (Å²) in [6.07, 6.45) is 5.80. The first-order chi connectivity index (χ1) is 6.35. The van der Waals surface area contributed by atoms with Gasteiger partial charge in [-0.25, -0.2) is 0 Å². The van der Waals surface area contributed by atoms with Crippen LogP contribution in [0.15, 0.2) is 0 Å². The summed E-state index contributed by atoms with van der Waals surface area (Å²) < 4.78 is 0. The third-order valence-corrected chi connectivity index (χ3v) is 3.11. The van der Waals surface area contributed by atoms with Gasteiger partial charge in [0.15, 0.2) is 6.19 Å². The molecule has 0 atom stereocenters. The van der Waals surface area contributed by atoms with Gasteiger partial charge in [0.25, 0.3) is 0 Å². The maximum absolute atomic E-state index is 8.50. The lowest BCUT2D eigenvalue weighted by atomic mass is 9.61. The Balaban J connectivity index is 2.58. The molecule has 2 nitrogen and oxygen atoms in total. The summed E-state index contributed by atoms with van der Waals surface area (Å²) in [5.41, 5.74) is 0.868. The van der Waals surface area contributed by atoms with Gasteiger partial charge < -0.3 is 5.32 Å². The Kier molecular flexibility index (Phi) is 3.09. The fraction of sp³-hybridized carbons (Fsp3) is 0.917. The van der Waals surface area contributed by atoms with Gasteiger partial charge in [0.1, 0.15) is 0 Å². The molecule has 0 saturated heterocycles. The molecule has 1 aliphatic rings. The van der Waals surface area contributed by atoms with Crippen molar-refractivity contribution in [2.75, 3.05) is 6.54 Å². The molecule has 1 aliphatic carbocycles. The van der Waals surface area contributed by atoms with Crippen LogP contribution in [0.1, 0.15) is 47.0 Å². The lowest BCUT2D eigenvalue weighted by Crippen LogP contribution is -2.37. The molecule has 0 bridgehead atoms. The Hall–Kier alpha value is -0.710. The van der Waals surface area contributed by atoms with Crippen molar-refractivity contribution in [1.29, 1.82) is 5.26 Å². The second kappa shape index (κ2) is 3.81. The van der Waals surface area contributed by atoms with E-state index in [1.54, 1.807) is 0 Å². The zero-order valence-electron chi connectivity index (χ0n) is 9.85. The Morgan fingerprint density at radius 1 is 1.21 bits per heavy atom. The maximum Gasteiger partial charge on any atom is 0.176 e. The van der Waals surface area contributed by atoms with E-state index in [-0.39, 0.29) is 0 Å². The van der Waals surface area contributed by atoms with E-state index >= 15 is 0 Å². The molecule has 0 radical (unpaired) electrons. The summed E-state index contributed by atoms with van der Waals surface area (Å²) in [5, 5.41) is 11.3. The first-order valence-electron chi connectivity index (χ1n) is 5.47. The van der Waals surface area contributed by atoms with Crippen LogP contribution in [0.25, 0.3) is 0 Å². The summed E-state index contributed by atoms with van der Waals surface area (Å²) in [7, 11) is 0. The van der Waals surface area contributed by atoms with Crippen LogP contribution < -0.4 is 5.32 Å². The summed E-state index contributed by atoms with van der Waals surface area (Å²) >= 11 is 0. The van der Waals surface area contributed by atoms with Gasteiger partial charge >= 0.3 is 0 Å². The molecule has 1 N–H and O–H groups in total. The third kappa shape index (κ3) is 3.21. The number of rotatable bonds is 2. The Morgan fingerprint density at radius 2 is 1.71 bits per heavy atom. The maximum atomic E-state index is 8.50. The van der Waals surface area contributed by atoms with Crippen LogP contribution in [-0.4, -0.2) is 6.54 Å². The number of nitrogens with zero attached hydrogens (tertiary/aromatic N) is 1. The van der Waals surface area contributed by atoms with E-state index in [2.05, 4.69) is 33.0 Å². The van der Waals surface area contributed by atoms with Crippen LogP contribution >= 0.6 is 0 Å². The smallest absolute Gasteiger partial charge is 0.176 e. The predicted molar refractivity (Wildman–Crippen MR) is 58.5 cm³/mol. The molecule has 0 aromatic carbocycles. The second-order valence-electron chi connectivity index (χ2n) is 6.27. The summed E-state index contributed by atoms with van der Waals surface area (Å²) in [6.45, 7) is 10.2. The first kappa shape index (κ1) is 11.4. The molecule has 0 aliphatic heterocycles. The van der Waals surface area contributed by atoms with Gasteiger partial charge in [-0.15, -0.1) is 0 Å². The minimum atomic E-state index is 0.434. The fourth-order valence-electron chi connectivity index (χ4n) is 3.41. The Morgan fingerprint density at radius 3 is 2.14 bits per heavy atom. The highest BCUT2D eigenvalue weighted by molar-refractivity contribution is 4.90. The average molecular weight is 194 g/mol. The molecule has 0 heterocycles.